The highest BCUT2D eigenvalue weighted by atomic mass is 19.3. The number of nitrogens with zero attached hydrogens (tertiary/aromatic N) is 7. The molecular formula is C21H23F2N7O2. The van der Waals surface area contributed by atoms with E-state index in [1.54, 1.807) is 28.8 Å². The van der Waals surface area contributed by atoms with Gasteiger partial charge in [-0.05, 0) is 18.9 Å². The van der Waals surface area contributed by atoms with Crippen LogP contribution in [-0.4, -0.2) is 78.0 Å². The molecule has 0 bridgehead atoms. The number of fused-ring (bicyclic) bond motifs is 1. The molecule has 11 heteroatoms. The quantitative estimate of drug-likeness (QED) is 0.615. The monoisotopic (exact) mass is 443 g/mol. The standard InChI is InChI=1S/C21H23F2N7O2/c1-27-17-7-3-2-6-15(17)18(25-27)20(32)30-13-21(22,23)10-14(30)11-29-12-16(24-26-29)19(31)28-8-4-5-9-28/h2-3,6-7,12,14H,4-5,8-11,13H2,1H3/t14-/m0/s1. The van der Waals surface area contributed by atoms with Gasteiger partial charge in [-0.2, -0.15) is 5.10 Å². The van der Waals surface area contributed by atoms with Gasteiger partial charge in [0.05, 0.1) is 30.8 Å². The Labute approximate surface area is 182 Å². The molecule has 32 heavy (non-hydrogen) atoms. The summed E-state index contributed by atoms with van der Waals surface area (Å²) in [5.41, 5.74) is 1.08. The van der Waals surface area contributed by atoms with Gasteiger partial charge in [0.25, 0.3) is 17.7 Å². The van der Waals surface area contributed by atoms with Crippen LogP contribution in [0.25, 0.3) is 10.9 Å². The predicted molar refractivity (Wildman–Crippen MR) is 110 cm³/mol. The van der Waals surface area contributed by atoms with Crippen LogP contribution in [0.3, 0.4) is 0 Å². The number of carbonyl (C=O) groups is 2. The number of para-hydroxylation sites is 1. The molecule has 9 nitrogen and oxygen atoms in total. The molecule has 1 aromatic carbocycles. The zero-order valence-corrected chi connectivity index (χ0v) is 17.6. The van der Waals surface area contributed by atoms with Crippen molar-refractivity contribution in [2.45, 2.75) is 37.8 Å². The fourth-order valence-corrected chi connectivity index (χ4v) is 4.59. The van der Waals surface area contributed by atoms with Crippen molar-refractivity contribution in [3.05, 3.63) is 41.9 Å². The second-order valence-corrected chi connectivity index (χ2v) is 8.46. The molecule has 2 fully saturated rings. The first kappa shape index (κ1) is 20.5. The molecule has 3 aromatic rings. The number of benzene rings is 1. The number of halogens is 2. The molecule has 0 spiro atoms. The summed E-state index contributed by atoms with van der Waals surface area (Å²) in [7, 11) is 1.71. The van der Waals surface area contributed by atoms with Crippen LogP contribution in [-0.2, 0) is 13.6 Å². The minimum Gasteiger partial charge on any atom is -0.337 e. The number of aryl methyl sites for hydroxylation is 1. The topological polar surface area (TPSA) is 89.2 Å². The lowest BCUT2D eigenvalue weighted by Gasteiger charge is -2.23. The summed E-state index contributed by atoms with van der Waals surface area (Å²) in [5.74, 6) is -3.77. The maximum Gasteiger partial charge on any atom is 0.276 e. The van der Waals surface area contributed by atoms with Crippen LogP contribution in [0.15, 0.2) is 30.5 Å². The van der Waals surface area contributed by atoms with Crippen LogP contribution in [0.4, 0.5) is 8.78 Å². The zero-order valence-electron chi connectivity index (χ0n) is 17.6. The molecule has 168 valence electrons. The number of alkyl halides is 2. The van der Waals surface area contributed by atoms with E-state index in [1.165, 1.54) is 15.8 Å². The second-order valence-electron chi connectivity index (χ2n) is 8.46. The van der Waals surface area contributed by atoms with E-state index in [0.29, 0.717) is 18.5 Å². The molecule has 0 radical (unpaired) electrons. The van der Waals surface area contributed by atoms with Gasteiger partial charge in [-0.25, -0.2) is 13.5 Å². The molecule has 2 aliphatic rings. The molecule has 0 unspecified atom stereocenters. The van der Waals surface area contributed by atoms with Crippen LogP contribution in [0, 0.1) is 0 Å². The van der Waals surface area contributed by atoms with Crippen LogP contribution in [0.5, 0.6) is 0 Å². The predicted octanol–water partition coefficient (Wildman–Crippen LogP) is 1.95. The number of hydrogen-bond donors (Lipinski definition) is 0. The fraction of sp³-hybridized carbons (Fsp3) is 0.476. The van der Waals surface area contributed by atoms with Crippen molar-refractivity contribution >= 4 is 22.7 Å². The largest absolute Gasteiger partial charge is 0.337 e. The van der Waals surface area contributed by atoms with Crippen molar-refractivity contribution in [3.63, 3.8) is 0 Å². The highest BCUT2D eigenvalue weighted by molar-refractivity contribution is 6.05. The zero-order chi connectivity index (χ0) is 22.5. The molecular weight excluding hydrogens is 420 g/mol. The summed E-state index contributed by atoms with van der Waals surface area (Å²) < 4.78 is 31.6. The normalized spacial score (nSPS) is 20.4. The Balaban J connectivity index is 1.38. The lowest BCUT2D eigenvalue weighted by Crippen LogP contribution is -2.39. The first-order valence-corrected chi connectivity index (χ1v) is 10.6. The van der Waals surface area contributed by atoms with Gasteiger partial charge < -0.3 is 9.80 Å². The van der Waals surface area contributed by atoms with Crippen molar-refractivity contribution in [2.24, 2.45) is 7.05 Å². The maximum absolute atomic E-state index is 14.4. The molecule has 2 aliphatic heterocycles. The summed E-state index contributed by atoms with van der Waals surface area (Å²) in [4.78, 5) is 28.6. The maximum atomic E-state index is 14.4. The average Bonchev–Trinajstić information content (AvgIpc) is 3.55. The highest BCUT2D eigenvalue weighted by Gasteiger charge is 2.48. The van der Waals surface area contributed by atoms with E-state index in [-0.39, 0.29) is 23.8 Å². The fourth-order valence-electron chi connectivity index (χ4n) is 4.59. The summed E-state index contributed by atoms with van der Waals surface area (Å²) in [6, 6.07) is 6.40. The lowest BCUT2D eigenvalue weighted by atomic mass is 10.1. The van der Waals surface area contributed by atoms with E-state index < -0.39 is 30.8 Å². The van der Waals surface area contributed by atoms with E-state index in [1.807, 2.05) is 12.1 Å². The Bertz CT molecular complexity index is 1180. The van der Waals surface area contributed by atoms with Gasteiger partial charge in [0.1, 0.15) is 0 Å². The number of amides is 2. The van der Waals surface area contributed by atoms with Crippen LogP contribution in [0.2, 0.25) is 0 Å². The molecule has 2 aromatic heterocycles. The van der Waals surface area contributed by atoms with Crippen molar-refractivity contribution in [3.8, 4) is 0 Å². The minimum absolute atomic E-state index is 0.0202. The van der Waals surface area contributed by atoms with Gasteiger partial charge in [0.2, 0.25) is 0 Å². The van der Waals surface area contributed by atoms with Gasteiger partial charge in [0, 0.05) is 31.9 Å². The Hall–Kier alpha value is -3.37. The van der Waals surface area contributed by atoms with Gasteiger partial charge in [-0.15, -0.1) is 5.10 Å². The Morgan fingerprint density at radius 1 is 1.16 bits per heavy atom. The molecule has 1 atom stereocenters. The first-order chi connectivity index (χ1) is 15.3. The molecule has 2 saturated heterocycles. The minimum atomic E-state index is -3.01. The van der Waals surface area contributed by atoms with E-state index in [9.17, 15) is 18.4 Å². The molecule has 0 saturated carbocycles. The number of aromatic nitrogens is 5. The first-order valence-electron chi connectivity index (χ1n) is 10.6. The average molecular weight is 443 g/mol. The van der Waals surface area contributed by atoms with E-state index in [0.717, 1.165) is 18.4 Å². The summed E-state index contributed by atoms with van der Waals surface area (Å²) in [6.07, 6.45) is 2.89. The molecule has 5 rings (SSSR count). The second kappa shape index (κ2) is 7.64. The SMILES string of the molecule is Cn1nc(C(=O)N2CC(F)(F)C[C@H]2Cn2cc(C(=O)N3CCCC3)nn2)c2ccccc21. The molecule has 4 heterocycles. The van der Waals surface area contributed by atoms with Gasteiger partial charge in [-0.1, -0.05) is 23.4 Å². The van der Waals surface area contributed by atoms with E-state index in [4.69, 9.17) is 0 Å². The molecule has 0 N–H and O–H groups in total. The van der Waals surface area contributed by atoms with Gasteiger partial charge in [-0.3, -0.25) is 14.3 Å². The van der Waals surface area contributed by atoms with E-state index in [2.05, 4.69) is 15.4 Å². The summed E-state index contributed by atoms with van der Waals surface area (Å²) in [5, 5.41) is 12.8. The number of likely N-dealkylation sites (tertiary alicyclic amines) is 2. The van der Waals surface area contributed by atoms with Crippen LogP contribution < -0.4 is 0 Å². The van der Waals surface area contributed by atoms with Crippen molar-refractivity contribution in [1.29, 1.82) is 0 Å². The highest BCUT2D eigenvalue weighted by Crippen LogP contribution is 2.34. The van der Waals surface area contributed by atoms with Gasteiger partial charge in [0.15, 0.2) is 11.4 Å². The van der Waals surface area contributed by atoms with E-state index >= 15 is 0 Å². The smallest absolute Gasteiger partial charge is 0.276 e. The molecule has 2 amide bonds. The van der Waals surface area contributed by atoms with Crippen molar-refractivity contribution in [2.75, 3.05) is 19.6 Å². The number of carbonyl (C=O) groups excluding carboxylic acids is 2. The van der Waals surface area contributed by atoms with Gasteiger partial charge >= 0.3 is 0 Å². The molecule has 0 aliphatic carbocycles. The van der Waals surface area contributed by atoms with Crippen molar-refractivity contribution < 1.29 is 18.4 Å². The van der Waals surface area contributed by atoms with Crippen molar-refractivity contribution in [1.82, 2.24) is 34.6 Å². The van der Waals surface area contributed by atoms with Crippen LogP contribution >= 0.6 is 0 Å². The number of hydrogen-bond acceptors (Lipinski definition) is 5. The third-order valence-electron chi connectivity index (χ3n) is 6.15. The Kier molecular flexibility index (Phi) is 4.90. The third kappa shape index (κ3) is 3.61. The Morgan fingerprint density at radius 3 is 2.69 bits per heavy atom. The van der Waals surface area contributed by atoms with Crippen LogP contribution in [0.1, 0.15) is 40.2 Å². The summed E-state index contributed by atoms with van der Waals surface area (Å²) in [6.45, 7) is 0.698. The summed E-state index contributed by atoms with van der Waals surface area (Å²) >= 11 is 0. The lowest BCUT2D eigenvalue weighted by molar-refractivity contribution is 0.0117. The number of rotatable bonds is 4. The third-order valence-corrected chi connectivity index (χ3v) is 6.15. The Morgan fingerprint density at radius 2 is 1.91 bits per heavy atom.